The molecule has 6 nitrogen and oxygen atoms in total. The van der Waals surface area contributed by atoms with E-state index in [-0.39, 0.29) is 23.3 Å². The molecule has 1 unspecified atom stereocenters. The number of hydrogen-bond acceptors (Lipinski definition) is 5. The molecule has 0 spiro atoms. The van der Waals surface area contributed by atoms with Crippen molar-refractivity contribution in [3.8, 4) is 5.75 Å². The zero-order chi connectivity index (χ0) is 29.1. The SMILES string of the molecule is Cc1cccc(COc2ccc(/C(O)=C3\C(=O)C(=O)N(Cc4cccnc4)C3c3ccc(C(C)(C)C)cc3)cc2)c1. The molecule has 208 valence electrons. The number of aliphatic hydroxyl groups is 1. The Balaban J connectivity index is 1.49. The summed E-state index contributed by atoms with van der Waals surface area (Å²) in [5, 5.41) is 11.5. The van der Waals surface area contributed by atoms with Crippen LogP contribution in [0.4, 0.5) is 0 Å². The third kappa shape index (κ3) is 6.07. The molecule has 2 heterocycles. The van der Waals surface area contributed by atoms with Crippen LogP contribution >= 0.6 is 0 Å². The fourth-order valence-electron chi connectivity index (χ4n) is 5.08. The number of aryl methyl sites for hydroxylation is 1. The van der Waals surface area contributed by atoms with Gasteiger partial charge in [-0.2, -0.15) is 0 Å². The first-order chi connectivity index (χ1) is 19.6. The second-order valence-corrected chi connectivity index (χ2v) is 11.5. The van der Waals surface area contributed by atoms with E-state index in [0.717, 1.165) is 27.8 Å². The molecule has 41 heavy (non-hydrogen) atoms. The van der Waals surface area contributed by atoms with E-state index in [1.54, 1.807) is 42.7 Å². The summed E-state index contributed by atoms with van der Waals surface area (Å²) in [6.07, 6.45) is 3.34. The van der Waals surface area contributed by atoms with Crippen molar-refractivity contribution in [2.45, 2.75) is 52.3 Å². The maximum absolute atomic E-state index is 13.4. The number of nitrogens with zero attached hydrogens (tertiary/aromatic N) is 2. The molecule has 0 saturated carbocycles. The smallest absolute Gasteiger partial charge is 0.295 e. The van der Waals surface area contributed by atoms with Gasteiger partial charge in [-0.1, -0.05) is 80.9 Å². The minimum Gasteiger partial charge on any atom is -0.507 e. The highest BCUT2D eigenvalue weighted by atomic mass is 16.5. The number of Topliss-reactive ketones (excluding diaryl/α,β-unsaturated/α-hetero) is 1. The molecule has 1 aliphatic rings. The molecular weight excluding hydrogens is 512 g/mol. The maximum atomic E-state index is 13.4. The van der Waals surface area contributed by atoms with Crippen molar-refractivity contribution in [2.24, 2.45) is 0 Å². The summed E-state index contributed by atoms with van der Waals surface area (Å²) in [5.41, 5.74) is 5.34. The van der Waals surface area contributed by atoms with Gasteiger partial charge in [0, 0.05) is 24.5 Å². The monoisotopic (exact) mass is 546 g/mol. The molecule has 3 aromatic carbocycles. The molecule has 1 saturated heterocycles. The normalized spacial score (nSPS) is 16.7. The van der Waals surface area contributed by atoms with Gasteiger partial charge in [-0.25, -0.2) is 0 Å². The summed E-state index contributed by atoms with van der Waals surface area (Å²) in [6.45, 7) is 9.03. The highest BCUT2D eigenvalue weighted by Gasteiger charge is 2.46. The average Bonchev–Trinajstić information content (AvgIpc) is 3.21. The number of pyridine rings is 1. The van der Waals surface area contributed by atoms with Crippen LogP contribution in [0.1, 0.15) is 60.2 Å². The first-order valence-corrected chi connectivity index (χ1v) is 13.7. The van der Waals surface area contributed by atoms with Crippen LogP contribution in [-0.4, -0.2) is 26.7 Å². The Morgan fingerprint density at radius 1 is 0.927 bits per heavy atom. The number of likely N-dealkylation sites (tertiary alicyclic amines) is 1. The lowest BCUT2D eigenvalue weighted by Crippen LogP contribution is -2.29. The predicted octanol–water partition coefficient (Wildman–Crippen LogP) is 6.89. The average molecular weight is 547 g/mol. The number of rotatable bonds is 7. The van der Waals surface area contributed by atoms with E-state index in [1.807, 2.05) is 55.5 Å². The van der Waals surface area contributed by atoms with Crippen molar-refractivity contribution in [1.29, 1.82) is 0 Å². The summed E-state index contributed by atoms with van der Waals surface area (Å²) in [7, 11) is 0. The van der Waals surface area contributed by atoms with Gasteiger partial charge in [0.05, 0.1) is 11.6 Å². The molecule has 1 fully saturated rings. The lowest BCUT2D eigenvalue weighted by Gasteiger charge is -2.26. The minimum absolute atomic E-state index is 0.0563. The number of hydrogen-bond donors (Lipinski definition) is 1. The van der Waals surface area contributed by atoms with Crippen molar-refractivity contribution >= 4 is 17.4 Å². The number of benzene rings is 3. The fraction of sp³-hybridized carbons (Fsp3) is 0.229. The molecule has 6 heteroatoms. The Bertz CT molecular complexity index is 1580. The topological polar surface area (TPSA) is 79.7 Å². The van der Waals surface area contributed by atoms with Gasteiger partial charge >= 0.3 is 0 Å². The van der Waals surface area contributed by atoms with Gasteiger partial charge in [-0.3, -0.25) is 14.6 Å². The number of aliphatic hydroxyl groups excluding tert-OH is 1. The van der Waals surface area contributed by atoms with Gasteiger partial charge in [0.2, 0.25) is 0 Å². The second kappa shape index (κ2) is 11.4. The first-order valence-electron chi connectivity index (χ1n) is 13.7. The second-order valence-electron chi connectivity index (χ2n) is 11.5. The van der Waals surface area contributed by atoms with Gasteiger partial charge in [0.25, 0.3) is 11.7 Å². The van der Waals surface area contributed by atoms with E-state index in [2.05, 4.69) is 31.8 Å². The van der Waals surface area contributed by atoms with E-state index < -0.39 is 17.7 Å². The van der Waals surface area contributed by atoms with Gasteiger partial charge < -0.3 is 14.7 Å². The van der Waals surface area contributed by atoms with Crippen molar-refractivity contribution < 1.29 is 19.4 Å². The molecule has 1 aliphatic heterocycles. The highest BCUT2D eigenvalue weighted by Crippen LogP contribution is 2.41. The lowest BCUT2D eigenvalue weighted by atomic mass is 9.85. The standard InChI is InChI=1S/C35H34N2O4/c1-23-7-5-8-24(19-23)22-41-29-16-12-27(13-17-29)32(38)30-31(26-10-14-28(15-11-26)35(2,3)4)37(34(40)33(30)39)21-25-9-6-18-36-20-25/h5-20,31,38H,21-22H2,1-4H3/b32-30+. The molecule has 0 aliphatic carbocycles. The van der Waals surface area contributed by atoms with E-state index in [9.17, 15) is 14.7 Å². The Hall–Kier alpha value is -4.71. The lowest BCUT2D eigenvalue weighted by molar-refractivity contribution is -0.140. The van der Waals surface area contributed by atoms with Crippen molar-refractivity contribution in [1.82, 2.24) is 9.88 Å². The van der Waals surface area contributed by atoms with Crippen LogP contribution in [0.15, 0.2) is 103 Å². The number of ketones is 1. The molecule has 0 radical (unpaired) electrons. The first kappa shape index (κ1) is 27.8. The maximum Gasteiger partial charge on any atom is 0.295 e. The molecule has 4 aromatic rings. The molecule has 1 atom stereocenters. The van der Waals surface area contributed by atoms with Crippen LogP contribution in [0.3, 0.4) is 0 Å². The van der Waals surface area contributed by atoms with Crippen LogP contribution in [0.25, 0.3) is 5.76 Å². The van der Waals surface area contributed by atoms with E-state index >= 15 is 0 Å². The van der Waals surface area contributed by atoms with Crippen LogP contribution in [0.2, 0.25) is 0 Å². The molecule has 1 N–H and O–H groups in total. The van der Waals surface area contributed by atoms with Gasteiger partial charge in [0.15, 0.2) is 0 Å². The number of aromatic nitrogens is 1. The Kier molecular flexibility index (Phi) is 7.75. The number of carbonyl (C=O) groups is 2. The van der Waals surface area contributed by atoms with Crippen LogP contribution < -0.4 is 4.74 Å². The zero-order valence-electron chi connectivity index (χ0n) is 23.8. The fourth-order valence-corrected chi connectivity index (χ4v) is 5.08. The minimum atomic E-state index is -0.749. The van der Waals surface area contributed by atoms with Gasteiger partial charge in [-0.05, 0) is 64.9 Å². The summed E-state index contributed by atoms with van der Waals surface area (Å²) in [5.74, 6) is -0.948. The van der Waals surface area contributed by atoms with Crippen LogP contribution in [0, 0.1) is 6.92 Å². The molecule has 1 amide bonds. The van der Waals surface area contributed by atoms with Crippen LogP contribution in [0.5, 0.6) is 5.75 Å². The summed E-state index contributed by atoms with van der Waals surface area (Å²) >= 11 is 0. The van der Waals surface area contributed by atoms with Crippen molar-refractivity contribution in [2.75, 3.05) is 0 Å². The highest BCUT2D eigenvalue weighted by molar-refractivity contribution is 6.46. The van der Waals surface area contributed by atoms with Crippen molar-refractivity contribution in [3.05, 3.63) is 136 Å². The summed E-state index contributed by atoms with van der Waals surface area (Å²) in [4.78, 5) is 32.5. The summed E-state index contributed by atoms with van der Waals surface area (Å²) in [6, 6.07) is 25.8. The Labute approximate surface area is 240 Å². The van der Waals surface area contributed by atoms with E-state index in [1.165, 1.54) is 4.90 Å². The molecule has 5 rings (SSSR count). The Morgan fingerprint density at radius 2 is 1.63 bits per heavy atom. The molecule has 1 aromatic heterocycles. The van der Waals surface area contributed by atoms with Gasteiger partial charge in [0.1, 0.15) is 18.1 Å². The molecular formula is C35H34N2O4. The third-order valence-electron chi connectivity index (χ3n) is 7.32. The quantitative estimate of drug-likeness (QED) is 0.155. The van der Waals surface area contributed by atoms with E-state index in [4.69, 9.17) is 4.74 Å². The largest absolute Gasteiger partial charge is 0.507 e. The van der Waals surface area contributed by atoms with Crippen molar-refractivity contribution in [3.63, 3.8) is 0 Å². The van der Waals surface area contributed by atoms with Gasteiger partial charge in [-0.15, -0.1) is 0 Å². The summed E-state index contributed by atoms with van der Waals surface area (Å²) < 4.78 is 5.93. The third-order valence-corrected chi connectivity index (χ3v) is 7.32. The zero-order valence-corrected chi connectivity index (χ0v) is 23.8. The van der Waals surface area contributed by atoms with Crippen LogP contribution in [-0.2, 0) is 28.2 Å². The predicted molar refractivity (Wildman–Crippen MR) is 159 cm³/mol. The number of carbonyl (C=O) groups excluding carboxylic acids is 2. The molecule has 0 bridgehead atoms. The number of ether oxygens (including phenoxy) is 1. The number of amides is 1. The Morgan fingerprint density at radius 3 is 2.27 bits per heavy atom. The van der Waals surface area contributed by atoms with E-state index in [0.29, 0.717) is 17.9 Å².